The summed E-state index contributed by atoms with van der Waals surface area (Å²) in [7, 11) is 1.61. The maximum Gasteiger partial charge on any atom is 0.270 e. The average Bonchev–Trinajstić information content (AvgIpc) is 3.00. The molecule has 3 N–H and O–H groups in total. The third-order valence-corrected chi connectivity index (χ3v) is 3.76. The SMILES string of the molecule is COc1ccc(-c2nc3cc4c(=O)[nH][nH]c(=O)c4cc3[nH]2)cc1. The van der Waals surface area contributed by atoms with Gasteiger partial charge in [0.2, 0.25) is 0 Å². The Bertz CT molecular complexity index is 1070. The molecule has 0 aliphatic heterocycles. The standard InChI is InChI=1S/C16H12N4O3/c1-23-9-4-2-8(3-5-9)14-17-12-6-10-11(7-13(12)18-14)16(22)20-19-15(10)21/h2-7H,1H3,(H,17,18)(H,19,21)(H,20,22). The molecule has 2 heterocycles. The second-order valence-corrected chi connectivity index (χ2v) is 5.14. The first kappa shape index (κ1) is 13.3. The van der Waals surface area contributed by atoms with E-state index < -0.39 is 0 Å². The Kier molecular flexibility index (Phi) is 2.80. The van der Waals surface area contributed by atoms with Gasteiger partial charge in [0.05, 0.1) is 28.9 Å². The maximum absolute atomic E-state index is 11.8. The lowest BCUT2D eigenvalue weighted by molar-refractivity contribution is 0.415. The maximum atomic E-state index is 11.8. The van der Waals surface area contributed by atoms with Gasteiger partial charge < -0.3 is 9.72 Å². The number of aromatic amines is 3. The Morgan fingerprint density at radius 1 is 0.957 bits per heavy atom. The van der Waals surface area contributed by atoms with E-state index in [1.54, 1.807) is 19.2 Å². The monoisotopic (exact) mass is 308 g/mol. The third-order valence-electron chi connectivity index (χ3n) is 3.76. The number of imidazole rings is 1. The van der Waals surface area contributed by atoms with Crippen LogP contribution in [0.4, 0.5) is 0 Å². The largest absolute Gasteiger partial charge is 0.497 e. The van der Waals surface area contributed by atoms with Gasteiger partial charge in [-0.1, -0.05) is 0 Å². The molecule has 0 aliphatic carbocycles. The topological polar surface area (TPSA) is 104 Å². The van der Waals surface area contributed by atoms with E-state index in [1.165, 1.54) is 0 Å². The molecule has 7 heteroatoms. The summed E-state index contributed by atoms with van der Waals surface area (Å²) in [6, 6.07) is 10.7. The van der Waals surface area contributed by atoms with Crippen LogP contribution in [0.1, 0.15) is 0 Å². The normalized spacial score (nSPS) is 11.2. The van der Waals surface area contributed by atoms with E-state index in [0.29, 0.717) is 27.6 Å². The van der Waals surface area contributed by atoms with Gasteiger partial charge >= 0.3 is 0 Å². The number of H-pyrrole nitrogens is 3. The zero-order valence-corrected chi connectivity index (χ0v) is 12.1. The summed E-state index contributed by atoms with van der Waals surface area (Å²) in [5.74, 6) is 1.42. The second kappa shape index (κ2) is 4.84. The lowest BCUT2D eigenvalue weighted by Crippen LogP contribution is -2.18. The van der Waals surface area contributed by atoms with Crippen LogP contribution in [-0.4, -0.2) is 27.3 Å². The van der Waals surface area contributed by atoms with Crippen molar-refractivity contribution >= 4 is 21.8 Å². The molecule has 0 atom stereocenters. The highest BCUT2D eigenvalue weighted by Gasteiger charge is 2.10. The van der Waals surface area contributed by atoms with Gasteiger partial charge in [0.25, 0.3) is 11.1 Å². The lowest BCUT2D eigenvalue weighted by atomic mass is 10.2. The molecule has 0 unspecified atom stereocenters. The number of benzene rings is 2. The molecule has 0 radical (unpaired) electrons. The summed E-state index contributed by atoms with van der Waals surface area (Å²) < 4.78 is 5.14. The molecule has 7 nitrogen and oxygen atoms in total. The number of ether oxygens (including phenoxy) is 1. The van der Waals surface area contributed by atoms with E-state index in [4.69, 9.17) is 4.74 Å². The van der Waals surface area contributed by atoms with Crippen LogP contribution in [0.15, 0.2) is 46.0 Å². The summed E-state index contributed by atoms with van der Waals surface area (Å²) >= 11 is 0. The molecule has 0 amide bonds. The molecular weight excluding hydrogens is 296 g/mol. The van der Waals surface area contributed by atoms with Gasteiger partial charge in [-0.3, -0.25) is 19.8 Å². The number of hydrogen-bond acceptors (Lipinski definition) is 4. The number of methoxy groups -OCH3 is 1. The second-order valence-electron chi connectivity index (χ2n) is 5.14. The van der Waals surface area contributed by atoms with Crippen LogP contribution in [0.3, 0.4) is 0 Å². The summed E-state index contributed by atoms with van der Waals surface area (Å²) in [6.07, 6.45) is 0. The Balaban J connectivity index is 1.95. The van der Waals surface area contributed by atoms with E-state index in [1.807, 2.05) is 24.3 Å². The molecule has 2 aromatic heterocycles. The van der Waals surface area contributed by atoms with Gasteiger partial charge in [0.1, 0.15) is 11.6 Å². The molecule has 0 aliphatic rings. The van der Waals surface area contributed by atoms with Crippen LogP contribution in [0.25, 0.3) is 33.2 Å². The fourth-order valence-corrected chi connectivity index (χ4v) is 2.57. The lowest BCUT2D eigenvalue weighted by Gasteiger charge is -2.00. The molecule has 0 saturated carbocycles. The Labute approximate surface area is 128 Å². The molecule has 4 rings (SSSR count). The van der Waals surface area contributed by atoms with Crippen molar-refractivity contribution in [3.63, 3.8) is 0 Å². The van der Waals surface area contributed by atoms with Crippen molar-refractivity contribution in [3.05, 3.63) is 57.1 Å². The molecule has 0 saturated heterocycles. The zero-order valence-electron chi connectivity index (χ0n) is 12.1. The Morgan fingerprint density at radius 2 is 1.61 bits per heavy atom. The molecular formula is C16H12N4O3. The van der Waals surface area contributed by atoms with Gasteiger partial charge in [-0.25, -0.2) is 4.98 Å². The first-order valence-corrected chi connectivity index (χ1v) is 6.94. The van der Waals surface area contributed by atoms with E-state index >= 15 is 0 Å². The van der Waals surface area contributed by atoms with Gasteiger partial charge in [-0.15, -0.1) is 0 Å². The highest BCUT2D eigenvalue weighted by Crippen LogP contribution is 2.24. The Hall–Kier alpha value is -3.35. The van der Waals surface area contributed by atoms with Crippen LogP contribution >= 0.6 is 0 Å². The van der Waals surface area contributed by atoms with Crippen LogP contribution in [0.2, 0.25) is 0 Å². The summed E-state index contributed by atoms with van der Waals surface area (Å²) in [6.45, 7) is 0. The highest BCUT2D eigenvalue weighted by atomic mass is 16.5. The number of nitrogens with one attached hydrogen (secondary N) is 3. The molecule has 0 spiro atoms. The van der Waals surface area contributed by atoms with Gasteiger partial charge in [-0.05, 0) is 36.4 Å². The first-order valence-electron chi connectivity index (χ1n) is 6.94. The highest BCUT2D eigenvalue weighted by molar-refractivity contribution is 5.95. The van der Waals surface area contributed by atoms with Crippen molar-refractivity contribution in [1.82, 2.24) is 20.2 Å². The zero-order chi connectivity index (χ0) is 16.0. The predicted molar refractivity (Wildman–Crippen MR) is 86.8 cm³/mol. The number of hydrogen-bond donors (Lipinski definition) is 3. The van der Waals surface area contributed by atoms with E-state index in [9.17, 15) is 9.59 Å². The molecule has 2 aromatic carbocycles. The first-order chi connectivity index (χ1) is 11.2. The van der Waals surface area contributed by atoms with E-state index in [-0.39, 0.29) is 11.1 Å². The average molecular weight is 308 g/mol. The van der Waals surface area contributed by atoms with Crippen LogP contribution in [0.5, 0.6) is 5.75 Å². The number of aromatic nitrogens is 4. The van der Waals surface area contributed by atoms with Crippen molar-refractivity contribution in [2.75, 3.05) is 7.11 Å². The van der Waals surface area contributed by atoms with Crippen molar-refractivity contribution in [3.8, 4) is 17.1 Å². The Morgan fingerprint density at radius 3 is 2.26 bits per heavy atom. The van der Waals surface area contributed by atoms with E-state index in [2.05, 4.69) is 20.2 Å². The van der Waals surface area contributed by atoms with Gasteiger partial charge in [0, 0.05) is 5.56 Å². The number of fused-ring (bicyclic) bond motifs is 2. The molecule has 4 aromatic rings. The van der Waals surface area contributed by atoms with Crippen LogP contribution in [0, 0.1) is 0 Å². The van der Waals surface area contributed by atoms with Gasteiger partial charge in [0.15, 0.2) is 0 Å². The number of nitrogens with zero attached hydrogens (tertiary/aromatic N) is 1. The van der Waals surface area contributed by atoms with Crippen molar-refractivity contribution < 1.29 is 4.74 Å². The van der Waals surface area contributed by atoms with Gasteiger partial charge in [-0.2, -0.15) is 0 Å². The van der Waals surface area contributed by atoms with Crippen LogP contribution < -0.4 is 15.9 Å². The molecule has 0 bridgehead atoms. The minimum atomic E-state index is -0.351. The fraction of sp³-hybridized carbons (Fsp3) is 0.0625. The quantitative estimate of drug-likeness (QED) is 0.525. The fourth-order valence-electron chi connectivity index (χ4n) is 2.57. The number of rotatable bonds is 2. The minimum Gasteiger partial charge on any atom is -0.497 e. The summed E-state index contributed by atoms with van der Waals surface area (Å²) in [5, 5.41) is 5.27. The smallest absolute Gasteiger partial charge is 0.270 e. The van der Waals surface area contributed by atoms with Crippen LogP contribution in [-0.2, 0) is 0 Å². The summed E-state index contributed by atoms with van der Waals surface area (Å²) in [5.41, 5.74) is 1.50. The summed E-state index contributed by atoms with van der Waals surface area (Å²) in [4.78, 5) is 31.4. The minimum absolute atomic E-state index is 0.314. The third kappa shape index (κ3) is 2.10. The molecule has 114 valence electrons. The van der Waals surface area contributed by atoms with Crippen molar-refractivity contribution in [2.24, 2.45) is 0 Å². The van der Waals surface area contributed by atoms with Crippen molar-refractivity contribution in [2.45, 2.75) is 0 Å². The molecule has 23 heavy (non-hydrogen) atoms. The van der Waals surface area contributed by atoms with E-state index in [0.717, 1.165) is 11.3 Å². The molecule has 0 fully saturated rings. The van der Waals surface area contributed by atoms with Crippen molar-refractivity contribution in [1.29, 1.82) is 0 Å². The predicted octanol–water partition coefficient (Wildman–Crippen LogP) is 1.77.